The monoisotopic (exact) mass is 361 g/mol. The molecule has 6 nitrogen and oxygen atoms in total. The molecule has 7 heteroatoms. The molecule has 1 amide bonds. The van der Waals surface area contributed by atoms with Gasteiger partial charge in [0.15, 0.2) is 0 Å². The molecule has 0 unspecified atom stereocenters. The maximum atomic E-state index is 12.4. The number of hydrogen-bond donors (Lipinski definition) is 2. The number of anilines is 2. The molecule has 3 rings (SSSR count). The zero-order chi connectivity index (χ0) is 18.4. The summed E-state index contributed by atoms with van der Waals surface area (Å²) >= 11 is 1.38. The summed E-state index contributed by atoms with van der Waals surface area (Å²) in [6.45, 7) is 0. The van der Waals surface area contributed by atoms with Crippen molar-refractivity contribution in [1.29, 1.82) is 5.26 Å². The molecule has 0 saturated heterocycles. The molecule has 0 radical (unpaired) electrons. The summed E-state index contributed by atoms with van der Waals surface area (Å²) in [4.78, 5) is 20.8. The van der Waals surface area contributed by atoms with E-state index in [2.05, 4.69) is 21.4 Å². The van der Waals surface area contributed by atoms with Crippen molar-refractivity contribution in [3.63, 3.8) is 0 Å². The second-order valence-corrected chi connectivity index (χ2v) is 6.32. The van der Waals surface area contributed by atoms with E-state index >= 15 is 0 Å². The Morgan fingerprint density at radius 3 is 2.73 bits per heavy atom. The molecular weight excluding hydrogens is 346 g/mol. The lowest BCUT2D eigenvalue weighted by atomic mass is 10.2. The number of para-hydroxylation sites is 1. The highest BCUT2D eigenvalue weighted by atomic mass is 32.2. The van der Waals surface area contributed by atoms with Crippen LogP contribution in [0.4, 0.5) is 11.5 Å². The summed E-state index contributed by atoms with van der Waals surface area (Å²) in [6, 6.07) is 16.4. The first-order chi connectivity index (χ1) is 12.7. The predicted molar refractivity (Wildman–Crippen MR) is 102 cm³/mol. The zero-order valence-electron chi connectivity index (χ0n) is 13.7. The number of nitriles is 1. The number of hydrogen-bond acceptors (Lipinski definition) is 6. The van der Waals surface area contributed by atoms with E-state index in [-0.39, 0.29) is 11.4 Å². The minimum absolute atomic E-state index is 0.0890. The standard InChI is InChI=1S/C19H15N5OS/c20-10-14-9-16(18(25)23-15-6-2-1-3-7-15)17(21)24-19(14)26-12-13-5-4-8-22-11-13/h1-9,11H,12H2,(H2,21,24)(H,23,25). The van der Waals surface area contributed by atoms with Crippen molar-refractivity contribution in [2.24, 2.45) is 0 Å². The van der Waals surface area contributed by atoms with Crippen molar-refractivity contribution in [3.8, 4) is 6.07 Å². The van der Waals surface area contributed by atoms with E-state index in [0.29, 0.717) is 22.0 Å². The number of benzene rings is 1. The van der Waals surface area contributed by atoms with Gasteiger partial charge < -0.3 is 11.1 Å². The Morgan fingerprint density at radius 2 is 2.04 bits per heavy atom. The van der Waals surface area contributed by atoms with Crippen LogP contribution in [0.2, 0.25) is 0 Å². The number of thioether (sulfide) groups is 1. The number of pyridine rings is 2. The fourth-order valence-electron chi connectivity index (χ4n) is 2.24. The molecule has 128 valence electrons. The number of carbonyl (C=O) groups excluding carboxylic acids is 1. The molecule has 0 aliphatic rings. The Hall–Kier alpha value is -3.37. The molecular formula is C19H15N5OS. The Kier molecular flexibility index (Phi) is 5.46. The molecule has 0 spiro atoms. The van der Waals surface area contributed by atoms with Gasteiger partial charge in [-0.3, -0.25) is 9.78 Å². The van der Waals surface area contributed by atoms with Gasteiger partial charge in [0.2, 0.25) is 0 Å². The molecule has 26 heavy (non-hydrogen) atoms. The summed E-state index contributed by atoms with van der Waals surface area (Å²) in [6.07, 6.45) is 3.45. The lowest BCUT2D eigenvalue weighted by molar-refractivity contribution is 0.102. The quantitative estimate of drug-likeness (QED) is 0.674. The van der Waals surface area contributed by atoms with Gasteiger partial charge in [0.25, 0.3) is 5.91 Å². The normalized spacial score (nSPS) is 10.1. The minimum atomic E-state index is -0.401. The Balaban J connectivity index is 1.80. The number of nitrogens with one attached hydrogen (secondary N) is 1. The van der Waals surface area contributed by atoms with Gasteiger partial charge in [-0.15, -0.1) is 11.8 Å². The highest BCUT2D eigenvalue weighted by Gasteiger charge is 2.16. The van der Waals surface area contributed by atoms with Gasteiger partial charge in [-0.1, -0.05) is 24.3 Å². The number of carbonyl (C=O) groups is 1. The number of rotatable bonds is 5. The van der Waals surface area contributed by atoms with Crippen LogP contribution < -0.4 is 11.1 Å². The van der Waals surface area contributed by atoms with E-state index in [1.54, 1.807) is 24.5 Å². The smallest absolute Gasteiger partial charge is 0.259 e. The molecule has 1 aromatic carbocycles. The third-order valence-electron chi connectivity index (χ3n) is 3.51. The number of nitrogen functional groups attached to an aromatic ring is 1. The number of amides is 1. The second kappa shape index (κ2) is 8.14. The van der Waals surface area contributed by atoms with E-state index in [1.807, 2.05) is 30.3 Å². The molecule has 0 aliphatic carbocycles. The maximum absolute atomic E-state index is 12.4. The van der Waals surface area contributed by atoms with Crippen molar-refractivity contribution in [3.05, 3.63) is 77.6 Å². The van der Waals surface area contributed by atoms with Gasteiger partial charge in [0.05, 0.1) is 11.1 Å². The van der Waals surface area contributed by atoms with Crippen molar-refractivity contribution in [1.82, 2.24) is 9.97 Å². The third-order valence-corrected chi connectivity index (χ3v) is 4.57. The maximum Gasteiger partial charge on any atom is 0.259 e. The van der Waals surface area contributed by atoms with Crippen molar-refractivity contribution in [2.75, 3.05) is 11.1 Å². The highest BCUT2D eigenvalue weighted by Crippen LogP contribution is 2.27. The average Bonchev–Trinajstić information content (AvgIpc) is 2.68. The molecule has 2 aromatic heterocycles. The number of nitrogens with two attached hydrogens (primary N) is 1. The number of aromatic nitrogens is 2. The van der Waals surface area contributed by atoms with E-state index < -0.39 is 5.91 Å². The van der Waals surface area contributed by atoms with Crippen molar-refractivity contribution >= 4 is 29.2 Å². The van der Waals surface area contributed by atoms with Crippen LogP contribution in [0, 0.1) is 11.3 Å². The van der Waals surface area contributed by atoms with Crippen LogP contribution in [0.1, 0.15) is 21.5 Å². The highest BCUT2D eigenvalue weighted by molar-refractivity contribution is 7.98. The fraction of sp³-hybridized carbons (Fsp3) is 0.0526. The molecule has 3 aromatic rings. The van der Waals surface area contributed by atoms with E-state index in [1.165, 1.54) is 17.8 Å². The lowest BCUT2D eigenvalue weighted by Crippen LogP contribution is -2.15. The van der Waals surface area contributed by atoms with Gasteiger partial charge >= 0.3 is 0 Å². The molecule has 0 fully saturated rings. The summed E-state index contributed by atoms with van der Waals surface area (Å²) in [7, 11) is 0. The van der Waals surface area contributed by atoms with Crippen LogP contribution in [0.15, 0.2) is 66.0 Å². The first kappa shape index (κ1) is 17.5. The Labute approximate surface area is 155 Å². The average molecular weight is 361 g/mol. The SMILES string of the molecule is N#Cc1cc(C(=O)Nc2ccccc2)c(N)nc1SCc1cccnc1. The minimum Gasteiger partial charge on any atom is -0.383 e. The Morgan fingerprint density at radius 1 is 1.23 bits per heavy atom. The summed E-state index contributed by atoms with van der Waals surface area (Å²) in [5, 5.41) is 12.6. The zero-order valence-corrected chi connectivity index (χ0v) is 14.5. The second-order valence-electron chi connectivity index (χ2n) is 5.36. The van der Waals surface area contributed by atoms with Gasteiger partial charge in [-0.05, 0) is 29.8 Å². The molecule has 0 saturated carbocycles. The van der Waals surface area contributed by atoms with Gasteiger partial charge in [-0.2, -0.15) is 5.26 Å². The fourth-order valence-corrected chi connectivity index (χ4v) is 3.13. The first-order valence-electron chi connectivity index (χ1n) is 7.76. The first-order valence-corrected chi connectivity index (χ1v) is 8.74. The van der Waals surface area contributed by atoms with E-state index in [9.17, 15) is 10.1 Å². The van der Waals surface area contributed by atoms with Crippen LogP contribution in [-0.2, 0) is 5.75 Å². The number of nitrogens with zero attached hydrogens (tertiary/aromatic N) is 3. The summed E-state index contributed by atoms with van der Waals surface area (Å²) < 4.78 is 0. The summed E-state index contributed by atoms with van der Waals surface area (Å²) in [5.74, 6) is 0.289. The Bertz CT molecular complexity index is 955. The lowest BCUT2D eigenvalue weighted by Gasteiger charge is -2.10. The molecule has 0 aliphatic heterocycles. The van der Waals surface area contributed by atoms with E-state index in [4.69, 9.17) is 5.73 Å². The van der Waals surface area contributed by atoms with Gasteiger partial charge in [0, 0.05) is 23.8 Å². The van der Waals surface area contributed by atoms with Crippen LogP contribution in [0.5, 0.6) is 0 Å². The molecule has 2 heterocycles. The van der Waals surface area contributed by atoms with Gasteiger partial charge in [-0.25, -0.2) is 4.98 Å². The van der Waals surface area contributed by atoms with Crippen molar-refractivity contribution < 1.29 is 4.79 Å². The topological polar surface area (TPSA) is 105 Å². The predicted octanol–water partition coefficient (Wildman–Crippen LogP) is 3.48. The third kappa shape index (κ3) is 4.18. The van der Waals surface area contributed by atoms with Crippen LogP contribution >= 0.6 is 11.8 Å². The van der Waals surface area contributed by atoms with Crippen LogP contribution in [0.3, 0.4) is 0 Å². The van der Waals surface area contributed by atoms with Crippen LogP contribution in [0.25, 0.3) is 0 Å². The molecule has 3 N–H and O–H groups in total. The largest absolute Gasteiger partial charge is 0.383 e. The molecule has 0 bridgehead atoms. The van der Waals surface area contributed by atoms with Crippen molar-refractivity contribution in [2.45, 2.75) is 10.8 Å². The van der Waals surface area contributed by atoms with Crippen LogP contribution in [-0.4, -0.2) is 15.9 Å². The van der Waals surface area contributed by atoms with E-state index in [0.717, 1.165) is 5.56 Å². The molecule has 0 atom stereocenters. The van der Waals surface area contributed by atoms with Gasteiger partial charge in [0.1, 0.15) is 16.9 Å². The summed E-state index contributed by atoms with van der Waals surface area (Å²) in [5.41, 5.74) is 8.10.